The number of carbonyl (C=O) groups excluding carboxylic acids is 1. The third-order valence-electron chi connectivity index (χ3n) is 7.45. The molecule has 2 aromatic rings. The van der Waals surface area contributed by atoms with E-state index in [2.05, 4.69) is 13.8 Å². The van der Waals surface area contributed by atoms with Gasteiger partial charge >= 0.3 is 5.97 Å². The van der Waals surface area contributed by atoms with E-state index in [1.54, 1.807) is 13.2 Å². The summed E-state index contributed by atoms with van der Waals surface area (Å²) in [5, 5.41) is 30.3. The molecule has 0 aromatic heterocycles. The monoisotopic (exact) mass is 497 g/mol. The van der Waals surface area contributed by atoms with Crippen LogP contribution in [-0.2, 0) is 9.59 Å². The van der Waals surface area contributed by atoms with Crippen LogP contribution in [0.1, 0.15) is 75.3 Å². The zero-order chi connectivity index (χ0) is 26.2. The van der Waals surface area contributed by atoms with E-state index in [4.69, 9.17) is 4.74 Å². The number of rotatable bonds is 12. The van der Waals surface area contributed by atoms with Crippen molar-refractivity contribution in [2.75, 3.05) is 20.2 Å². The van der Waals surface area contributed by atoms with E-state index >= 15 is 0 Å². The summed E-state index contributed by atoms with van der Waals surface area (Å²) >= 11 is 0. The van der Waals surface area contributed by atoms with Crippen molar-refractivity contribution in [2.45, 2.75) is 64.2 Å². The number of aromatic hydroxyl groups is 2. The minimum atomic E-state index is -0.933. The summed E-state index contributed by atoms with van der Waals surface area (Å²) in [4.78, 5) is 28.1. The van der Waals surface area contributed by atoms with Crippen LogP contribution in [0.5, 0.6) is 17.2 Å². The number of methoxy groups -OCH3 is 1. The van der Waals surface area contributed by atoms with Crippen molar-refractivity contribution in [2.24, 2.45) is 11.8 Å². The summed E-state index contributed by atoms with van der Waals surface area (Å²) in [6.07, 6.45) is 4.65. The lowest BCUT2D eigenvalue weighted by atomic mass is 9.79. The number of phenols is 2. The van der Waals surface area contributed by atoms with Crippen LogP contribution in [0.3, 0.4) is 0 Å². The van der Waals surface area contributed by atoms with Crippen LogP contribution in [0.2, 0.25) is 0 Å². The molecule has 0 bridgehead atoms. The summed E-state index contributed by atoms with van der Waals surface area (Å²) in [5.74, 6) is -2.45. The average molecular weight is 498 g/mol. The summed E-state index contributed by atoms with van der Waals surface area (Å²) in [6.45, 7) is 5.64. The maximum atomic E-state index is 13.5. The summed E-state index contributed by atoms with van der Waals surface area (Å²) in [6, 6.07) is 11.9. The number of nitrogens with zero attached hydrogens (tertiary/aromatic N) is 1. The van der Waals surface area contributed by atoms with Gasteiger partial charge in [0.1, 0.15) is 5.75 Å². The number of carboxylic acid groups (broad SMARTS) is 1. The SMILES string of the molecule is CCCCN(CCCC)C(=O)CC1CC(c2ccc(O)c(O)c2)[C@@H](C(=O)O)C1c1ccc(OC)cc1. The van der Waals surface area contributed by atoms with E-state index in [9.17, 15) is 24.9 Å². The van der Waals surface area contributed by atoms with E-state index in [0.29, 0.717) is 30.8 Å². The van der Waals surface area contributed by atoms with Gasteiger partial charge < -0.3 is 25.0 Å². The number of carboxylic acids is 1. The molecule has 1 aliphatic rings. The molecule has 0 saturated heterocycles. The van der Waals surface area contributed by atoms with Crippen LogP contribution in [0.4, 0.5) is 0 Å². The maximum Gasteiger partial charge on any atom is 0.307 e. The fourth-order valence-corrected chi connectivity index (χ4v) is 5.53. The predicted octanol–water partition coefficient (Wildman–Crippen LogP) is 5.51. The molecule has 3 rings (SSSR count). The average Bonchev–Trinajstić information content (AvgIpc) is 3.25. The van der Waals surface area contributed by atoms with Gasteiger partial charge in [-0.05, 0) is 66.5 Å². The molecule has 0 aliphatic heterocycles. The Kier molecular flexibility index (Phi) is 9.62. The van der Waals surface area contributed by atoms with Gasteiger partial charge in [-0.1, -0.05) is 44.9 Å². The van der Waals surface area contributed by atoms with Crippen molar-refractivity contribution in [3.05, 3.63) is 53.6 Å². The highest BCUT2D eigenvalue weighted by Crippen LogP contribution is 2.54. The molecule has 3 unspecified atom stereocenters. The number of hydrogen-bond donors (Lipinski definition) is 3. The number of hydrogen-bond acceptors (Lipinski definition) is 5. The first-order valence-electron chi connectivity index (χ1n) is 13.0. The number of benzene rings is 2. The second kappa shape index (κ2) is 12.7. The van der Waals surface area contributed by atoms with Crippen molar-refractivity contribution in [3.8, 4) is 17.2 Å². The van der Waals surface area contributed by atoms with Gasteiger partial charge in [-0.3, -0.25) is 9.59 Å². The van der Waals surface area contributed by atoms with Crippen LogP contribution in [0.15, 0.2) is 42.5 Å². The predicted molar refractivity (Wildman–Crippen MR) is 138 cm³/mol. The second-order valence-electron chi connectivity index (χ2n) is 9.81. The van der Waals surface area contributed by atoms with Gasteiger partial charge in [0.05, 0.1) is 13.0 Å². The molecule has 0 heterocycles. The van der Waals surface area contributed by atoms with Gasteiger partial charge in [0, 0.05) is 25.4 Å². The van der Waals surface area contributed by atoms with Crippen LogP contribution in [-0.4, -0.2) is 52.3 Å². The van der Waals surface area contributed by atoms with Crippen molar-refractivity contribution < 1.29 is 29.6 Å². The van der Waals surface area contributed by atoms with Crippen LogP contribution >= 0.6 is 0 Å². The third kappa shape index (κ3) is 6.31. The summed E-state index contributed by atoms with van der Waals surface area (Å²) in [7, 11) is 1.58. The van der Waals surface area contributed by atoms with Crippen molar-refractivity contribution in [1.29, 1.82) is 0 Å². The number of ether oxygens (including phenoxy) is 1. The Bertz CT molecular complexity index is 1010. The maximum absolute atomic E-state index is 13.5. The number of amides is 1. The molecule has 0 radical (unpaired) electrons. The number of unbranched alkanes of at least 4 members (excludes halogenated alkanes) is 2. The fraction of sp³-hybridized carbons (Fsp3) is 0.517. The highest BCUT2D eigenvalue weighted by molar-refractivity contribution is 5.78. The highest BCUT2D eigenvalue weighted by atomic mass is 16.5. The fourth-order valence-electron chi connectivity index (χ4n) is 5.53. The Labute approximate surface area is 213 Å². The summed E-state index contributed by atoms with van der Waals surface area (Å²) in [5.41, 5.74) is 1.51. The first-order chi connectivity index (χ1) is 17.3. The lowest BCUT2D eigenvalue weighted by Gasteiger charge is -2.28. The molecule has 4 atom stereocenters. The van der Waals surface area contributed by atoms with Crippen LogP contribution in [0, 0.1) is 11.8 Å². The number of phenolic OH excluding ortho intramolecular Hbond substituents is 2. The van der Waals surface area contributed by atoms with Crippen molar-refractivity contribution in [3.63, 3.8) is 0 Å². The van der Waals surface area contributed by atoms with Gasteiger partial charge in [-0.15, -0.1) is 0 Å². The van der Waals surface area contributed by atoms with Gasteiger partial charge in [0.2, 0.25) is 5.91 Å². The van der Waals surface area contributed by atoms with Crippen LogP contribution < -0.4 is 4.74 Å². The summed E-state index contributed by atoms with van der Waals surface area (Å²) < 4.78 is 5.29. The van der Waals surface area contributed by atoms with Crippen molar-refractivity contribution >= 4 is 11.9 Å². The molecule has 3 N–H and O–H groups in total. The quantitative estimate of drug-likeness (QED) is 0.334. The van der Waals surface area contributed by atoms with E-state index in [0.717, 1.165) is 31.2 Å². The molecule has 7 nitrogen and oxygen atoms in total. The van der Waals surface area contributed by atoms with Crippen molar-refractivity contribution in [1.82, 2.24) is 4.90 Å². The molecule has 7 heteroatoms. The number of carbonyl (C=O) groups is 2. The lowest BCUT2D eigenvalue weighted by Crippen LogP contribution is -2.35. The lowest BCUT2D eigenvalue weighted by molar-refractivity contribution is -0.143. The first kappa shape index (κ1) is 27.4. The smallest absolute Gasteiger partial charge is 0.307 e. The largest absolute Gasteiger partial charge is 0.504 e. The molecular weight excluding hydrogens is 458 g/mol. The Morgan fingerprint density at radius 2 is 1.56 bits per heavy atom. The molecular formula is C29H39NO6. The molecule has 1 saturated carbocycles. The Morgan fingerprint density at radius 3 is 2.08 bits per heavy atom. The van der Waals surface area contributed by atoms with Gasteiger partial charge in [-0.2, -0.15) is 0 Å². The van der Waals surface area contributed by atoms with E-state index in [1.807, 2.05) is 29.2 Å². The third-order valence-corrected chi connectivity index (χ3v) is 7.45. The molecule has 1 amide bonds. The van der Waals surface area contributed by atoms with E-state index in [1.165, 1.54) is 12.1 Å². The topological polar surface area (TPSA) is 107 Å². The molecule has 2 aromatic carbocycles. The van der Waals surface area contributed by atoms with E-state index in [-0.39, 0.29) is 35.7 Å². The normalized spacial score (nSPS) is 21.3. The zero-order valence-electron chi connectivity index (χ0n) is 21.5. The number of aliphatic carboxylic acids is 1. The molecule has 196 valence electrons. The highest BCUT2D eigenvalue weighted by Gasteiger charge is 2.49. The standard InChI is InChI=1S/C29H39NO6/c1-4-6-14-30(15-7-5-2)26(33)18-21-16-23(20-10-13-24(31)25(32)17-20)28(29(34)35)27(21)19-8-11-22(36-3)12-9-19/h8-13,17,21,23,27-28,31-32H,4-7,14-16,18H2,1-3H3,(H,34,35)/t21?,23?,27?,28-/m1/s1. The second-order valence-corrected chi connectivity index (χ2v) is 9.81. The van der Waals surface area contributed by atoms with E-state index < -0.39 is 17.8 Å². The minimum Gasteiger partial charge on any atom is -0.504 e. The Morgan fingerprint density at radius 1 is 0.944 bits per heavy atom. The molecule has 1 aliphatic carbocycles. The van der Waals surface area contributed by atoms with Gasteiger partial charge in [-0.25, -0.2) is 0 Å². The molecule has 0 spiro atoms. The van der Waals surface area contributed by atoms with Crippen LogP contribution in [0.25, 0.3) is 0 Å². The Hall–Kier alpha value is -3.22. The molecule has 36 heavy (non-hydrogen) atoms. The Balaban J connectivity index is 1.98. The molecule has 1 fully saturated rings. The van der Waals surface area contributed by atoms with Gasteiger partial charge in [0.25, 0.3) is 0 Å². The first-order valence-corrected chi connectivity index (χ1v) is 13.0. The zero-order valence-corrected chi connectivity index (χ0v) is 21.5. The van der Waals surface area contributed by atoms with Gasteiger partial charge in [0.15, 0.2) is 11.5 Å². The minimum absolute atomic E-state index is 0.0683.